The van der Waals surface area contributed by atoms with Crippen LogP contribution < -0.4 is 5.32 Å². The molecule has 1 amide bonds. The van der Waals surface area contributed by atoms with Crippen LogP contribution in [0.2, 0.25) is 0 Å². The molecule has 1 atom stereocenters. The monoisotopic (exact) mass is 219 g/mol. The van der Waals surface area contributed by atoms with E-state index in [4.69, 9.17) is 9.47 Å². The zero-order valence-electron chi connectivity index (χ0n) is 10.0. The van der Waals surface area contributed by atoms with Gasteiger partial charge in [0.15, 0.2) is 6.29 Å². The van der Waals surface area contributed by atoms with Gasteiger partial charge in [-0.25, -0.2) is 4.79 Å². The number of ether oxygens (including phenoxy) is 2. The summed E-state index contributed by atoms with van der Waals surface area (Å²) in [6.07, 6.45) is -1.65. The first kappa shape index (κ1) is 14.2. The van der Waals surface area contributed by atoms with E-state index >= 15 is 0 Å². The lowest BCUT2D eigenvalue weighted by Crippen LogP contribution is -2.38. The van der Waals surface area contributed by atoms with Crippen molar-refractivity contribution in [1.29, 1.82) is 0 Å². The first-order valence-electron chi connectivity index (χ1n) is 5.01. The lowest BCUT2D eigenvalue weighted by atomic mass is 10.2. The lowest BCUT2D eigenvalue weighted by molar-refractivity contribution is -0.121. The molecule has 90 valence electrons. The number of carbonyl (C=O) groups is 1. The number of rotatable bonds is 4. The number of hydrogen-bond donors (Lipinski definition) is 2. The summed E-state index contributed by atoms with van der Waals surface area (Å²) in [5.41, 5.74) is -0.534. The Bertz CT molecular complexity index is 198. The minimum Gasteiger partial charge on any atom is -0.444 e. The molecule has 0 rings (SSSR count). The van der Waals surface area contributed by atoms with E-state index in [1.807, 2.05) is 0 Å². The maximum atomic E-state index is 11.1. The Morgan fingerprint density at radius 2 is 1.93 bits per heavy atom. The van der Waals surface area contributed by atoms with Crippen molar-refractivity contribution < 1.29 is 19.4 Å². The second kappa shape index (κ2) is 5.92. The second-order valence-electron chi connectivity index (χ2n) is 4.52. The van der Waals surface area contributed by atoms with Crippen molar-refractivity contribution in [2.75, 3.05) is 6.54 Å². The van der Waals surface area contributed by atoms with Crippen LogP contribution >= 0.6 is 0 Å². The molecule has 1 unspecified atom stereocenters. The topological polar surface area (TPSA) is 67.8 Å². The van der Waals surface area contributed by atoms with E-state index < -0.39 is 18.0 Å². The van der Waals surface area contributed by atoms with Crippen LogP contribution in [0.15, 0.2) is 0 Å². The zero-order valence-corrected chi connectivity index (χ0v) is 10.0. The van der Waals surface area contributed by atoms with Gasteiger partial charge >= 0.3 is 6.09 Å². The van der Waals surface area contributed by atoms with Gasteiger partial charge in [-0.2, -0.15) is 0 Å². The largest absolute Gasteiger partial charge is 0.444 e. The van der Waals surface area contributed by atoms with Gasteiger partial charge in [0.05, 0.1) is 12.6 Å². The second-order valence-corrected chi connectivity index (χ2v) is 4.52. The average molecular weight is 219 g/mol. The summed E-state index contributed by atoms with van der Waals surface area (Å²) in [7, 11) is 0. The molecule has 0 heterocycles. The first-order chi connectivity index (χ1) is 6.70. The van der Waals surface area contributed by atoms with E-state index in [2.05, 4.69) is 5.32 Å². The highest BCUT2D eigenvalue weighted by Gasteiger charge is 2.17. The van der Waals surface area contributed by atoms with E-state index in [9.17, 15) is 9.90 Å². The van der Waals surface area contributed by atoms with Gasteiger partial charge in [-0.3, -0.25) is 0 Å². The summed E-state index contributed by atoms with van der Waals surface area (Å²) in [5, 5.41) is 11.7. The van der Waals surface area contributed by atoms with Gasteiger partial charge in [0.25, 0.3) is 0 Å². The minimum atomic E-state index is -1.00. The Kier molecular flexibility index (Phi) is 5.60. The fourth-order valence-electron chi connectivity index (χ4n) is 0.847. The predicted molar refractivity (Wildman–Crippen MR) is 56.5 cm³/mol. The fourth-order valence-corrected chi connectivity index (χ4v) is 0.847. The zero-order chi connectivity index (χ0) is 12.1. The third-order valence-corrected chi connectivity index (χ3v) is 1.25. The Balaban J connectivity index is 3.72. The van der Waals surface area contributed by atoms with E-state index in [1.54, 1.807) is 34.6 Å². The number of hydrogen-bond acceptors (Lipinski definition) is 4. The molecule has 5 nitrogen and oxygen atoms in total. The van der Waals surface area contributed by atoms with Crippen molar-refractivity contribution in [3.63, 3.8) is 0 Å². The molecule has 0 aromatic carbocycles. The lowest BCUT2D eigenvalue weighted by Gasteiger charge is -2.21. The maximum absolute atomic E-state index is 11.1. The molecule has 0 aliphatic carbocycles. The highest BCUT2D eigenvalue weighted by atomic mass is 16.6. The van der Waals surface area contributed by atoms with Crippen LogP contribution in [0.1, 0.15) is 34.6 Å². The molecule has 0 aliphatic heterocycles. The molecule has 0 fully saturated rings. The van der Waals surface area contributed by atoms with Crippen LogP contribution in [0.25, 0.3) is 0 Å². The summed E-state index contributed by atoms with van der Waals surface area (Å²) < 4.78 is 9.99. The highest BCUT2D eigenvalue weighted by molar-refractivity contribution is 5.67. The Labute approximate surface area is 90.8 Å². The van der Waals surface area contributed by atoms with E-state index in [1.165, 1.54) is 0 Å². The smallest absolute Gasteiger partial charge is 0.407 e. The van der Waals surface area contributed by atoms with Crippen LogP contribution in [0.3, 0.4) is 0 Å². The SMILES string of the molecule is CC(C)OC(O)CNC(=O)OC(C)(C)C. The fraction of sp³-hybridized carbons (Fsp3) is 0.900. The van der Waals surface area contributed by atoms with Crippen LogP contribution in [-0.4, -0.2) is 35.7 Å². The number of aliphatic hydroxyl groups is 1. The maximum Gasteiger partial charge on any atom is 0.407 e. The third-order valence-electron chi connectivity index (χ3n) is 1.25. The Morgan fingerprint density at radius 3 is 2.33 bits per heavy atom. The molecule has 0 spiro atoms. The number of aliphatic hydroxyl groups excluding tert-OH is 1. The predicted octanol–water partition coefficient (Wildman–Crippen LogP) is 1.25. The van der Waals surface area contributed by atoms with Gasteiger partial charge in [0.1, 0.15) is 5.60 Å². The first-order valence-corrected chi connectivity index (χ1v) is 5.01. The van der Waals surface area contributed by atoms with Crippen LogP contribution in [0.4, 0.5) is 4.79 Å². The van der Waals surface area contributed by atoms with Crippen molar-refractivity contribution in [2.24, 2.45) is 0 Å². The normalized spacial score (nSPS) is 13.8. The standard InChI is InChI=1S/C10H21NO4/c1-7(2)14-8(12)6-11-9(13)15-10(3,4)5/h7-8,12H,6H2,1-5H3,(H,11,13). The van der Waals surface area contributed by atoms with Gasteiger partial charge < -0.3 is 19.9 Å². The van der Waals surface area contributed by atoms with Gasteiger partial charge in [0, 0.05) is 0 Å². The molecular formula is C10H21NO4. The van der Waals surface area contributed by atoms with Crippen LogP contribution in [-0.2, 0) is 9.47 Å². The summed E-state index contributed by atoms with van der Waals surface area (Å²) in [5.74, 6) is 0. The van der Waals surface area contributed by atoms with E-state index in [0.717, 1.165) is 0 Å². The Morgan fingerprint density at radius 1 is 1.40 bits per heavy atom. The minimum absolute atomic E-state index is 0.0209. The number of amides is 1. The molecule has 15 heavy (non-hydrogen) atoms. The van der Waals surface area contributed by atoms with Crippen LogP contribution in [0.5, 0.6) is 0 Å². The Hall–Kier alpha value is -0.810. The van der Waals surface area contributed by atoms with Gasteiger partial charge in [-0.15, -0.1) is 0 Å². The molecule has 0 aliphatic rings. The van der Waals surface area contributed by atoms with Gasteiger partial charge in [-0.1, -0.05) is 0 Å². The molecule has 0 bridgehead atoms. The molecule has 0 saturated carbocycles. The number of nitrogens with one attached hydrogen (secondary N) is 1. The molecular weight excluding hydrogens is 198 g/mol. The van der Waals surface area contributed by atoms with E-state index in [-0.39, 0.29) is 12.6 Å². The average Bonchev–Trinajstić information content (AvgIpc) is 1.96. The van der Waals surface area contributed by atoms with Gasteiger partial charge in [0.2, 0.25) is 0 Å². The quantitative estimate of drug-likeness (QED) is 0.698. The summed E-state index contributed by atoms with van der Waals surface area (Å²) in [6, 6.07) is 0. The molecule has 5 heteroatoms. The summed E-state index contributed by atoms with van der Waals surface area (Å²) >= 11 is 0. The van der Waals surface area contributed by atoms with Crippen molar-refractivity contribution >= 4 is 6.09 Å². The van der Waals surface area contributed by atoms with Crippen molar-refractivity contribution in [3.05, 3.63) is 0 Å². The molecule has 0 aromatic rings. The molecule has 2 N–H and O–H groups in total. The summed E-state index contributed by atoms with van der Waals surface area (Å²) in [6.45, 7) is 8.94. The third kappa shape index (κ3) is 9.49. The van der Waals surface area contributed by atoms with Crippen molar-refractivity contribution in [3.8, 4) is 0 Å². The van der Waals surface area contributed by atoms with Gasteiger partial charge in [-0.05, 0) is 34.6 Å². The summed E-state index contributed by atoms with van der Waals surface area (Å²) in [4.78, 5) is 11.1. The van der Waals surface area contributed by atoms with Crippen LogP contribution in [0, 0.1) is 0 Å². The molecule has 0 radical (unpaired) electrons. The molecule has 0 saturated heterocycles. The van der Waals surface area contributed by atoms with Crippen molar-refractivity contribution in [1.82, 2.24) is 5.32 Å². The number of alkyl carbamates (subject to hydrolysis) is 1. The van der Waals surface area contributed by atoms with Crippen molar-refractivity contribution in [2.45, 2.75) is 52.6 Å². The number of carbonyl (C=O) groups excluding carboxylic acids is 1. The van der Waals surface area contributed by atoms with E-state index in [0.29, 0.717) is 0 Å². The highest BCUT2D eigenvalue weighted by Crippen LogP contribution is 2.06. The molecule has 0 aromatic heterocycles.